The third kappa shape index (κ3) is 2.89. The second-order valence-corrected chi connectivity index (χ2v) is 8.57. The van der Waals surface area contributed by atoms with Crippen LogP contribution in [-0.2, 0) is 7.05 Å². The van der Waals surface area contributed by atoms with Crippen molar-refractivity contribution >= 4 is 11.7 Å². The molecule has 2 atom stereocenters. The first-order valence-corrected chi connectivity index (χ1v) is 10.2. The number of benzene rings is 1. The summed E-state index contributed by atoms with van der Waals surface area (Å²) >= 11 is 0. The Balaban J connectivity index is 1.36. The molecule has 5 rings (SSSR count). The van der Waals surface area contributed by atoms with E-state index in [4.69, 9.17) is 4.74 Å². The molecule has 0 saturated carbocycles. The second-order valence-electron chi connectivity index (χ2n) is 8.57. The monoisotopic (exact) mass is 381 g/mol. The number of Topliss-reactive ketones (excluding diaryl/α,β-unsaturated/α-hetero) is 1. The van der Waals surface area contributed by atoms with Gasteiger partial charge in [-0.1, -0.05) is 12.1 Å². The number of hydrogen-bond acceptors (Lipinski definition) is 6. The summed E-state index contributed by atoms with van der Waals surface area (Å²) in [5.41, 5.74) is 0.247. The number of likely N-dealkylation sites (N-methyl/N-ethyl adjacent to an activating group) is 1. The van der Waals surface area contributed by atoms with Gasteiger partial charge >= 0.3 is 0 Å². The minimum Gasteiger partial charge on any atom is -0.484 e. The van der Waals surface area contributed by atoms with Gasteiger partial charge in [-0.25, -0.2) is 0 Å². The molecule has 0 N–H and O–H groups in total. The highest BCUT2D eigenvalue weighted by Crippen LogP contribution is 2.40. The quantitative estimate of drug-likeness (QED) is 0.795. The molecule has 28 heavy (non-hydrogen) atoms. The average Bonchev–Trinajstić information content (AvgIpc) is 3.25. The molecule has 1 aromatic heterocycles. The Labute approximate surface area is 165 Å². The molecular formula is C21H27N5O2. The summed E-state index contributed by atoms with van der Waals surface area (Å²) in [6, 6.07) is 7.57. The van der Waals surface area contributed by atoms with E-state index in [1.165, 1.54) is 6.42 Å². The molecule has 3 aliphatic heterocycles. The zero-order chi connectivity index (χ0) is 19.3. The number of carbonyl (C=O) groups is 1. The zero-order valence-electron chi connectivity index (χ0n) is 16.6. The summed E-state index contributed by atoms with van der Waals surface area (Å²) in [7, 11) is 4.23. The number of rotatable bonds is 2. The van der Waals surface area contributed by atoms with E-state index in [9.17, 15) is 4.79 Å². The molecule has 0 aliphatic carbocycles. The molecule has 7 heteroatoms. The fourth-order valence-corrected chi connectivity index (χ4v) is 5.03. The Morgan fingerprint density at radius 1 is 1.18 bits per heavy atom. The molecule has 4 heterocycles. The van der Waals surface area contributed by atoms with E-state index >= 15 is 0 Å². The number of ketones is 1. The van der Waals surface area contributed by atoms with E-state index in [0.29, 0.717) is 30.2 Å². The zero-order valence-corrected chi connectivity index (χ0v) is 16.6. The SMILES string of the molecule is CN1CCC[C@H](c2nnc(N3CCC4(CC(=O)c5ccccc5O4)C3)n2C)C1. The van der Waals surface area contributed by atoms with E-state index in [0.717, 1.165) is 44.2 Å². The highest BCUT2D eigenvalue weighted by Gasteiger charge is 2.46. The van der Waals surface area contributed by atoms with Crippen LogP contribution in [0.15, 0.2) is 24.3 Å². The average molecular weight is 381 g/mol. The number of hydrogen-bond donors (Lipinski definition) is 0. The Bertz CT molecular complexity index is 910. The second kappa shape index (κ2) is 6.58. The number of para-hydroxylation sites is 1. The molecule has 2 saturated heterocycles. The number of aromatic nitrogens is 3. The lowest BCUT2D eigenvalue weighted by molar-refractivity contribution is 0.0538. The van der Waals surface area contributed by atoms with E-state index in [1.54, 1.807) is 0 Å². The van der Waals surface area contributed by atoms with Crippen molar-refractivity contribution in [3.05, 3.63) is 35.7 Å². The molecule has 0 bridgehead atoms. The van der Waals surface area contributed by atoms with Crippen molar-refractivity contribution in [2.45, 2.75) is 37.2 Å². The van der Waals surface area contributed by atoms with Gasteiger partial charge in [-0.3, -0.25) is 4.79 Å². The predicted octanol–water partition coefficient (Wildman–Crippen LogP) is 2.24. The lowest BCUT2D eigenvalue weighted by Gasteiger charge is -2.34. The molecule has 1 spiro atoms. The van der Waals surface area contributed by atoms with Gasteiger partial charge in [-0.05, 0) is 38.6 Å². The van der Waals surface area contributed by atoms with E-state index < -0.39 is 5.60 Å². The molecule has 1 unspecified atom stereocenters. The number of ether oxygens (including phenoxy) is 1. The van der Waals surface area contributed by atoms with Crippen molar-refractivity contribution in [1.29, 1.82) is 0 Å². The van der Waals surface area contributed by atoms with Crippen LogP contribution in [0, 0.1) is 0 Å². The van der Waals surface area contributed by atoms with Gasteiger partial charge in [-0.2, -0.15) is 0 Å². The smallest absolute Gasteiger partial charge is 0.227 e. The number of fused-ring (bicyclic) bond motifs is 1. The molecule has 2 fully saturated rings. The van der Waals surface area contributed by atoms with Gasteiger partial charge in [0.15, 0.2) is 5.78 Å². The normalized spacial score (nSPS) is 27.9. The molecule has 2 aromatic rings. The van der Waals surface area contributed by atoms with Crippen molar-refractivity contribution in [1.82, 2.24) is 19.7 Å². The highest BCUT2D eigenvalue weighted by atomic mass is 16.5. The predicted molar refractivity (Wildman–Crippen MR) is 106 cm³/mol. The van der Waals surface area contributed by atoms with Gasteiger partial charge in [0.1, 0.15) is 17.2 Å². The maximum Gasteiger partial charge on any atom is 0.227 e. The van der Waals surface area contributed by atoms with E-state index in [1.807, 2.05) is 24.3 Å². The number of carbonyl (C=O) groups excluding carboxylic acids is 1. The Morgan fingerprint density at radius 2 is 2.04 bits per heavy atom. The summed E-state index contributed by atoms with van der Waals surface area (Å²) in [6.07, 6.45) is 3.61. The minimum atomic E-state index is -0.456. The molecule has 1 aromatic carbocycles. The van der Waals surface area contributed by atoms with Crippen LogP contribution in [0.4, 0.5) is 5.95 Å². The third-order valence-electron chi connectivity index (χ3n) is 6.47. The van der Waals surface area contributed by atoms with Crippen LogP contribution in [0.1, 0.15) is 47.8 Å². The topological polar surface area (TPSA) is 63.5 Å². The van der Waals surface area contributed by atoms with Crippen LogP contribution < -0.4 is 9.64 Å². The molecule has 0 radical (unpaired) electrons. The van der Waals surface area contributed by atoms with Crippen LogP contribution in [-0.4, -0.2) is 64.3 Å². The Hall–Kier alpha value is -2.41. The van der Waals surface area contributed by atoms with Crippen LogP contribution in [0.25, 0.3) is 0 Å². The standard InChI is InChI=1S/C21H27N5O2/c1-24-10-5-6-15(13-24)19-22-23-20(25(19)2)26-11-9-21(14-26)12-17(27)16-7-3-4-8-18(16)28-21/h3-4,7-8,15H,5-6,9-14H2,1-2H3/t15-,21?/m0/s1. The molecule has 148 valence electrons. The van der Waals surface area contributed by atoms with Crippen LogP contribution in [0.3, 0.4) is 0 Å². The van der Waals surface area contributed by atoms with Crippen molar-refractivity contribution in [2.24, 2.45) is 7.05 Å². The summed E-state index contributed by atoms with van der Waals surface area (Å²) in [4.78, 5) is 17.3. The number of nitrogens with zero attached hydrogens (tertiary/aromatic N) is 5. The van der Waals surface area contributed by atoms with Gasteiger partial charge in [0.05, 0.1) is 18.5 Å². The summed E-state index contributed by atoms with van der Waals surface area (Å²) < 4.78 is 8.49. The lowest BCUT2D eigenvalue weighted by atomic mass is 9.89. The maximum atomic E-state index is 12.7. The number of piperidine rings is 1. The lowest BCUT2D eigenvalue weighted by Crippen LogP contribution is -2.44. The van der Waals surface area contributed by atoms with Crippen molar-refractivity contribution in [3.63, 3.8) is 0 Å². The number of anilines is 1. The van der Waals surface area contributed by atoms with Crippen molar-refractivity contribution < 1.29 is 9.53 Å². The Kier molecular flexibility index (Phi) is 4.16. The van der Waals surface area contributed by atoms with Crippen LogP contribution in [0.2, 0.25) is 0 Å². The molecular weight excluding hydrogens is 354 g/mol. The fourth-order valence-electron chi connectivity index (χ4n) is 5.03. The largest absolute Gasteiger partial charge is 0.484 e. The van der Waals surface area contributed by atoms with Gasteiger partial charge in [0, 0.05) is 32.5 Å². The molecule has 0 amide bonds. The minimum absolute atomic E-state index is 0.174. The third-order valence-corrected chi connectivity index (χ3v) is 6.47. The molecule has 3 aliphatic rings. The van der Waals surface area contributed by atoms with E-state index in [-0.39, 0.29) is 5.78 Å². The van der Waals surface area contributed by atoms with E-state index in [2.05, 4.69) is 38.7 Å². The Morgan fingerprint density at radius 3 is 2.89 bits per heavy atom. The first-order chi connectivity index (χ1) is 13.5. The van der Waals surface area contributed by atoms with Gasteiger partial charge in [0.2, 0.25) is 5.95 Å². The van der Waals surface area contributed by atoms with Crippen molar-refractivity contribution in [3.8, 4) is 5.75 Å². The van der Waals surface area contributed by atoms with Gasteiger partial charge in [0.25, 0.3) is 0 Å². The first kappa shape index (κ1) is 17.7. The summed E-state index contributed by atoms with van der Waals surface area (Å²) in [6.45, 7) is 3.68. The summed E-state index contributed by atoms with van der Waals surface area (Å²) in [5, 5.41) is 9.06. The highest BCUT2D eigenvalue weighted by molar-refractivity contribution is 6.00. The first-order valence-electron chi connectivity index (χ1n) is 10.2. The number of likely N-dealkylation sites (tertiary alicyclic amines) is 1. The van der Waals surface area contributed by atoms with Crippen LogP contribution in [0.5, 0.6) is 5.75 Å². The maximum absolute atomic E-state index is 12.7. The van der Waals surface area contributed by atoms with Gasteiger partial charge < -0.3 is 19.1 Å². The van der Waals surface area contributed by atoms with Gasteiger partial charge in [-0.15, -0.1) is 10.2 Å². The molecule has 7 nitrogen and oxygen atoms in total. The fraction of sp³-hybridized carbons (Fsp3) is 0.571. The summed E-state index contributed by atoms with van der Waals surface area (Å²) in [5.74, 6) is 3.27. The van der Waals surface area contributed by atoms with Crippen molar-refractivity contribution in [2.75, 3.05) is 38.1 Å². The van der Waals surface area contributed by atoms with Crippen LogP contribution >= 0.6 is 0 Å².